The largest absolute Gasteiger partial charge is 0.482 e. The number of carbonyl (C=O) groups excluding carboxylic acids is 1. The third kappa shape index (κ3) is 2.45. The van der Waals surface area contributed by atoms with Crippen LogP contribution in [-0.2, 0) is 16.0 Å². The maximum atomic E-state index is 11.7. The highest BCUT2D eigenvalue weighted by Gasteiger charge is 2.21. The van der Waals surface area contributed by atoms with Crippen LogP contribution >= 0.6 is 0 Å². The highest BCUT2D eigenvalue weighted by molar-refractivity contribution is 5.94. The van der Waals surface area contributed by atoms with Gasteiger partial charge < -0.3 is 14.7 Å². The molecule has 1 aromatic rings. The van der Waals surface area contributed by atoms with Crippen molar-refractivity contribution in [2.24, 2.45) is 0 Å². The second-order valence-electron chi connectivity index (χ2n) is 4.24. The van der Waals surface area contributed by atoms with Gasteiger partial charge in [0.1, 0.15) is 5.75 Å². The lowest BCUT2D eigenvalue weighted by molar-refractivity contribution is -0.139. The summed E-state index contributed by atoms with van der Waals surface area (Å²) in [6.45, 7) is -0.367. The summed E-state index contributed by atoms with van der Waals surface area (Å²) in [4.78, 5) is 23.9. The third-order valence-corrected chi connectivity index (χ3v) is 3.01. The van der Waals surface area contributed by atoms with Crippen LogP contribution in [0.15, 0.2) is 18.2 Å². The molecule has 1 aliphatic heterocycles. The van der Waals surface area contributed by atoms with E-state index in [0.717, 1.165) is 24.1 Å². The van der Waals surface area contributed by atoms with Crippen molar-refractivity contribution in [2.45, 2.75) is 19.3 Å². The topological polar surface area (TPSA) is 66.8 Å². The van der Waals surface area contributed by atoms with Crippen LogP contribution in [0.4, 0.5) is 5.69 Å². The molecule has 1 N–H and O–H groups in total. The predicted molar refractivity (Wildman–Crippen MR) is 65.9 cm³/mol. The molecule has 0 saturated carbocycles. The average Bonchev–Trinajstić information content (AvgIpc) is 2.48. The quantitative estimate of drug-likeness (QED) is 0.880. The van der Waals surface area contributed by atoms with Gasteiger partial charge in [0.05, 0.1) is 5.69 Å². The number of aliphatic carboxylic acids is 1. The van der Waals surface area contributed by atoms with Gasteiger partial charge in [-0.1, -0.05) is 6.07 Å². The zero-order chi connectivity index (χ0) is 13.1. The van der Waals surface area contributed by atoms with E-state index in [4.69, 9.17) is 9.84 Å². The zero-order valence-electron chi connectivity index (χ0n) is 10.2. The van der Waals surface area contributed by atoms with Gasteiger partial charge in [-0.15, -0.1) is 0 Å². The van der Waals surface area contributed by atoms with E-state index in [1.807, 2.05) is 6.07 Å². The number of carboxylic acids is 1. The number of ether oxygens (including phenoxy) is 1. The lowest BCUT2D eigenvalue weighted by Crippen LogP contribution is -2.25. The van der Waals surface area contributed by atoms with Crippen molar-refractivity contribution >= 4 is 17.6 Å². The number of amides is 1. The van der Waals surface area contributed by atoms with E-state index >= 15 is 0 Å². The number of benzene rings is 1. The number of nitrogens with zero attached hydrogens (tertiary/aromatic N) is 1. The fourth-order valence-electron chi connectivity index (χ4n) is 2.11. The molecular weight excluding hydrogens is 234 g/mol. The van der Waals surface area contributed by atoms with Crippen LogP contribution in [0, 0.1) is 0 Å². The molecule has 0 radical (unpaired) electrons. The Morgan fingerprint density at radius 1 is 1.44 bits per heavy atom. The number of anilines is 1. The van der Waals surface area contributed by atoms with Crippen molar-refractivity contribution in [1.29, 1.82) is 0 Å². The number of carbonyl (C=O) groups is 2. The summed E-state index contributed by atoms with van der Waals surface area (Å²) in [7, 11) is 1.73. The molecule has 0 unspecified atom stereocenters. The normalized spacial score (nSPS) is 14.9. The van der Waals surface area contributed by atoms with E-state index in [9.17, 15) is 9.59 Å². The van der Waals surface area contributed by atoms with Crippen LogP contribution < -0.4 is 9.64 Å². The van der Waals surface area contributed by atoms with Crippen LogP contribution in [0.1, 0.15) is 18.4 Å². The monoisotopic (exact) mass is 249 g/mol. The lowest BCUT2D eigenvalue weighted by atomic mass is 10.1. The molecule has 1 aliphatic rings. The summed E-state index contributed by atoms with van der Waals surface area (Å²) < 4.78 is 5.27. The van der Waals surface area contributed by atoms with Crippen LogP contribution in [-0.4, -0.2) is 30.6 Å². The van der Waals surface area contributed by atoms with Crippen molar-refractivity contribution in [3.05, 3.63) is 23.8 Å². The molecule has 5 nitrogen and oxygen atoms in total. The molecule has 0 bridgehead atoms. The van der Waals surface area contributed by atoms with Crippen LogP contribution in [0.5, 0.6) is 5.75 Å². The minimum absolute atomic E-state index is 0.0733. The summed E-state index contributed by atoms with van der Waals surface area (Å²) in [5, 5.41) is 8.64. The second-order valence-corrected chi connectivity index (χ2v) is 4.24. The Labute approximate surface area is 105 Å². The third-order valence-electron chi connectivity index (χ3n) is 3.01. The lowest BCUT2D eigenvalue weighted by Gasteiger charge is -2.19. The Bertz CT molecular complexity index is 484. The molecule has 0 aliphatic carbocycles. The molecule has 1 amide bonds. The first-order chi connectivity index (χ1) is 8.59. The first-order valence-corrected chi connectivity index (χ1v) is 5.82. The highest BCUT2D eigenvalue weighted by Crippen LogP contribution is 2.33. The van der Waals surface area contributed by atoms with Crippen LogP contribution in [0.3, 0.4) is 0 Å². The van der Waals surface area contributed by atoms with E-state index in [1.165, 1.54) is 0 Å². The summed E-state index contributed by atoms with van der Waals surface area (Å²) in [5.41, 5.74) is 1.72. The van der Waals surface area contributed by atoms with E-state index < -0.39 is 5.97 Å². The molecule has 5 heteroatoms. The Morgan fingerprint density at radius 2 is 2.22 bits per heavy atom. The minimum Gasteiger partial charge on any atom is -0.482 e. The van der Waals surface area contributed by atoms with Crippen LogP contribution in [0.25, 0.3) is 0 Å². The first kappa shape index (κ1) is 12.4. The molecule has 2 rings (SSSR count). The van der Waals surface area contributed by atoms with Crippen molar-refractivity contribution in [3.8, 4) is 5.75 Å². The standard InChI is InChI=1S/C13H15NO4/c1-14-10-5-3-6-11(18-8-13(16)17)9(10)4-2-7-12(14)15/h3,5-6H,2,4,7-8H2,1H3,(H,16,17). The van der Waals surface area contributed by atoms with Gasteiger partial charge in [-0.2, -0.15) is 0 Å². The smallest absolute Gasteiger partial charge is 0.341 e. The van der Waals surface area contributed by atoms with Gasteiger partial charge >= 0.3 is 5.97 Å². The molecule has 96 valence electrons. The molecule has 1 heterocycles. The van der Waals surface area contributed by atoms with Crippen molar-refractivity contribution in [2.75, 3.05) is 18.6 Å². The van der Waals surface area contributed by atoms with E-state index in [0.29, 0.717) is 12.2 Å². The van der Waals surface area contributed by atoms with Gasteiger partial charge in [0.2, 0.25) is 5.91 Å². The van der Waals surface area contributed by atoms with Crippen molar-refractivity contribution in [1.82, 2.24) is 0 Å². The first-order valence-electron chi connectivity index (χ1n) is 5.82. The summed E-state index contributed by atoms with van der Waals surface area (Å²) >= 11 is 0. The molecular formula is C13H15NO4. The maximum absolute atomic E-state index is 11.7. The van der Waals surface area contributed by atoms with Gasteiger partial charge in [-0.25, -0.2) is 4.79 Å². The number of fused-ring (bicyclic) bond motifs is 1. The predicted octanol–water partition coefficient (Wildman–Crippen LogP) is 1.45. The minimum atomic E-state index is -1.01. The SMILES string of the molecule is CN1C(=O)CCCc2c(OCC(=O)O)cccc21. The fourth-order valence-corrected chi connectivity index (χ4v) is 2.11. The number of hydrogen-bond acceptors (Lipinski definition) is 3. The molecule has 0 fully saturated rings. The number of rotatable bonds is 3. The maximum Gasteiger partial charge on any atom is 0.341 e. The average molecular weight is 249 g/mol. The van der Waals surface area contributed by atoms with Gasteiger partial charge in [-0.05, 0) is 25.0 Å². The summed E-state index contributed by atoms with van der Waals surface area (Å²) in [5.74, 6) is -0.383. The highest BCUT2D eigenvalue weighted by atomic mass is 16.5. The second kappa shape index (κ2) is 5.08. The van der Waals surface area contributed by atoms with Gasteiger partial charge in [0, 0.05) is 19.0 Å². The van der Waals surface area contributed by atoms with Gasteiger partial charge in [-0.3, -0.25) is 4.79 Å². The molecule has 0 aromatic heterocycles. The fraction of sp³-hybridized carbons (Fsp3) is 0.385. The Hall–Kier alpha value is -2.04. The number of carboxylic acid groups (broad SMARTS) is 1. The number of hydrogen-bond donors (Lipinski definition) is 1. The van der Waals surface area contributed by atoms with E-state index in [2.05, 4.69) is 0 Å². The van der Waals surface area contributed by atoms with Gasteiger partial charge in [0.25, 0.3) is 0 Å². The van der Waals surface area contributed by atoms with Crippen molar-refractivity contribution in [3.63, 3.8) is 0 Å². The Balaban J connectivity index is 2.33. The Kier molecular flexibility index (Phi) is 3.50. The summed E-state index contributed by atoms with van der Waals surface area (Å²) in [6.07, 6.45) is 1.98. The van der Waals surface area contributed by atoms with Crippen LogP contribution in [0.2, 0.25) is 0 Å². The van der Waals surface area contributed by atoms with E-state index in [1.54, 1.807) is 24.1 Å². The van der Waals surface area contributed by atoms with Gasteiger partial charge in [0.15, 0.2) is 6.61 Å². The molecule has 1 aromatic carbocycles. The molecule has 0 atom stereocenters. The molecule has 18 heavy (non-hydrogen) atoms. The zero-order valence-corrected chi connectivity index (χ0v) is 10.2. The molecule has 0 spiro atoms. The Morgan fingerprint density at radius 3 is 2.94 bits per heavy atom. The summed E-state index contributed by atoms with van der Waals surface area (Å²) in [6, 6.07) is 5.36. The van der Waals surface area contributed by atoms with Crippen molar-refractivity contribution < 1.29 is 19.4 Å². The van der Waals surface area contributed by atoms with E-state index in [-0.39, 0.29) is 12.5 Å². The molecule has 0 saturated heterocycles.